The van der Waals surface area contributed by atoms with Crippen molar-refractivity contribution >= 4 is 23.6 Å². The molecule has 4 nitrogen and oxygen atoms in total. The Bertz CT molecular complexity index is 262. The molecule has 2 amide bonds. The van der Waals surface area contributed by atoms with Crippen molar-refractivity contribution in [2.45, 2.75) is 38.5 Å². The van der Waals surface area contributed by atoms with Gasteiger partial charge in [0.05, 0.1) is 5.92 Å². The van der Waals surface area contributed by atoms with Gasteiger partial charge in [0.2, 0.25) is 11.8 Å². The highest BCUT2D eigenvalue weighted by Gasteiger charge is 2.23. The number of nitrogens with one attached hydrogen (secondary N) is 2. The molecule has 1 aliphatic rings. The number of hydrogen-bond acceptors (Lipinski definition) is 3. The summed E-state index contributed by atoms with van der Waals surface area (Å²) in [6.07, 6.45) is 8.04. The third-order valence-corrected chi connectivity index (χ3v) is 3.91. The van der Waals surface area contributed by atoms with Gasteiger partial charge in [-0.15, -0.1) is 0 Å². The van der Waals surface area contributed by atoms with E-state index in [9.17, 15) is 9.59 Å². The van der Waals surface area contributed by atoms with Crippen molar-refractivity contribution in [2.24, 2.45) is 5.92 Å². The predicted molar refractivity (Wildman–Crippen MR) is 75.6 cm³/mol. The van der Waals surface area contributed by atoms with Gasteiger partial charge in [-0.2, -0.15) is 11.8 Å². The maximum absolute atomic E-state index is 11.8. The summed E-state index contributed by atoms with van der Waals surface area (Å²) in [5.41, 5.74) is 0. The van der Waals surface area contributed by atoms with Crippen molar-refractivity contribution in [3.05, 3.63) is 0 Å². The summed E-state index contributed by atoms with van der Waals surface area (Å²) in [4.78, 5) is 22.7. The van der Waals surface area contributed by atoms with E-state index in [0.717, 1.165) is 13.0 Å². The van der Waals surface area contributed by atoms with Crippen molar-refractivity contribution in [1.29, 1.82) is 0 Å². The number of carbonyl (C=O) groups excluding carboxylic acids is 2. The van der Waals surface area contributed by atoms with Gasteiger partial charge >= 0.3 is 0 Å². The van der Waals surface area contributed by atoms with Gasteiger partial charge in [-0.25, -0.2) is 0 Å². The Morgan fingerprint density at radius 3 is 2.83 bits per heavy atom. The Labute approximate surface area is 114 Å². The van der Waals surface area contributed by atoms with Crippen molar-refractivity contribution < 1.29 is 9.59 Å². The zero-order valence-electron chi connectivity index (χ0n) is 11.2. The molecule has 1 aliphatic heterocycles. The second-order valence-corrected chi connectivity index (χ2v) is 5.72. The number of piperidine rings is 1. The first-order valence-electron chi connectivity index (χ1n) is 6.77. The number of rotatable bonds is 8. The lowest BCUT2D eigenvalue weighted by molar-refractivity contribution is -0.128. The quantitative estimate of drug-likeness (QED) is 0.659. The van der Waals surface area contributed by atoms with Gasteiger partial charge in [0.1, 0.15) is 0 Å². The molecule has 0 aromatic carbocycles. The standard InChI is InChI=1S/C13H24N2O2S/c1-18-9-5-3-2-4-8-14-13(17)11-6-7-12(16)15-10-11/h11H,2-10H2,1H3,(H,14,17)(H,15,16). The Morgan fingerprint density at radius 2 is 2.17 bits per heavy atom. The van der Waals surface area contributed by atoms with Crippen LogP contribution in [0.1, 0.15) is 38.5 Å². The van der Waals surface area contributed by atoms with Gasteiger partial charge in [0, 0.05) is 19.5 Å². The monoisotopic (exact) mass is 272 g/mol. The van der Waals surface area contributed by atoms with Crippen LogP contribution < -0.4 is 10.6 Å². The van der Waals surface area contributed by atoms with Crippen LogP contribution in [0, 0.1) is 5.92 Å². The van der Waals surface area contributed by atoms with E-state index >= 15 is 0 Å². The van der Waals surface area contributed by atoms with Crippen LogP contribution in [0.3, 0.4) is 0 Å². The Balaban J connectivity index is 1.98. The first-order valence-corrected chi connectivity index (χ1v) is 8.16. The van der Waals surface area contributed by atoms with Crippen LogP contribution in [-0.4, -0.2) is 36.9 Å². The average molecular weight is 272 g/mol. The molecule has 104 valence electrons. The zero-order valence-corrected chi connectivity index (χ0v) is 12.0. The molecular formula is C13H24N2O2S. The molecule has 0 aromatic rings. The lowest BCUT2D eigenvalue weighted by Crippen LogP contribution is -2.43. The molecule has 1 heterocycles. The van der Waals surface area contributed by atoms with Gasteiger partial charge in [0.25, 0.3) is 0 Å². The van der Waals surface area contributed by atoms with Crippen LogP contribution in [0.15, 0.2) is 0 Å². The van der Waals surface area contributed by atoms with Crippen molar-refractivity contribution in [3.63, 3.8) is 0 Å². The summed E-state index contributed by atoms with van der Waals surface area (Å²) in [6.45, 7) is 1.26. The average Bonchev–Trinajstić information content (AvgIpc) is 2.38. The van der Waals surface area contributed by atoms with Gasteiger partial charge in [-0.3, -0.25) is 9.59 Å². The van der Waals surface area contributed by atoms with E-state index < -0.39 is 0 Å². The summed E-state index contributed by atoms with van der Waals surface area (Å²) >= 11 is 1.89. The highest BCUT2D eigenvalue weighted by atomic mass is 32.2. The van der Waals surface area contributed by atoms with E-state index in [1.807, 2.05) is 11.8 Å². The fourth-order valence-corrected chi connectivity index (χ4v) is 2.53. The fourth-order valence-electron chi connectivity index (χ4n) is 2.04. The summed E-state index contributed by atoms with van der Waals surface area (Å²) in [6, 6.07) is 0. The molecule has 1 atom stereocenters. The van der Waals surface area contributed by atoms with Crippen molar-refractivity contribution in [3.8, 4) is 0 Å². The maximum Gasteiger partial charge on any atom is 0.224 e. The number of unbranched alkanes of at least 4 members (excludes halogenated alkanes) is 3. The Hall–Kier alpha value is -0.710. The van der Waals surface area contributed by atoms with Crippen LogP contribution in [0.25, 0.3) is 0 Å². The van der Waals surface area contributed by atoms with Crippen LogP contribution >= 0.6 is 11.8 Å². The van der Waals surface area contributed by atoms with E-state index in [1.165, 1.54) is 25.0 Å². The summed E-state index contributed by atoms with van der Waals surface area (Å²) in [7, 11) is 0. The minimum Gasteiger partial charge on any atom is -0.356 e. The third-order valence-electron chi connectivity index (χ3n) is 3.21. The number of thioether (sulfide) groups is 1. The maximum atomic E-state index is 11.8. The molecule has 1 fully saturated rings. The molecule has 0 bridgehead atoms. The largest absolute Gasteiger partial charge is 0.356 e. The SMILES string of the molecule is CSCCCCCCNC(=O)C1CCC(=O)NC1. The summed E-state index contributed by atoms with van der Waals surface area (Å²) in [5, 5.41) is 5.70. The van der Waals surface area contributed by atoms with Gasteiger partial charge in [0.15, 0.2) is 0 Å². The smallest absolute Gasteiger partial charge is 0.224 e. The van der Waals surface area contributed by atoms with Crippen LogP contribution in [0.4, 0.5) is 0 Å². The molecule has 0 aromatic heterocycles. The van der Waals surface area contributed by atoms with Crippen LogP contribution in [0.5, 0.6) is 0 Å². The topological polar surface area (TPSA) is 58.2 Å². The van der Waals surface area contributed by atoms with E-state index in [2.05, 4.69) is 16.9 Å². The Kier molecular flexibility index (Phi) is 7.89. The number of amides is 2. The van der Waals surface area contributed by atoms with Crippen molar-refractivity contribution in [2.75, 3.05) is 25.1 Å². The molecular weight excluding hydrogens is 248 g/mol. The molecule has 0 spiro atoms. The molecule has 5 heteroatoms. The second-order valence-electron chi connectivity index (χ2n) is 4.74. The summed E-state index contributed by atoms with van der Waals surface area (Å²) < 4.78 is 0. The van der Waals surface area contributed by atoms with Crippen LogP contribution in [0.2, 0.25) is 0 Å². The molecule has 0 aliphatic carbocycles. The highest BCUT2D eigenvalue weighted by Crippen LogP contribution is 2.10. The van der Waals surface area contributed by atoms with E-state index in [-0.39, 0.29) is 17.7 Å². The molecule has 1 unspecified atom stereocenters. The molecule has 0 radical (unpaired) electrons. The van der Waals surface area contributed by atoms with Crippen molar-refractivity contribution in [1.82, 2.24) is 10.6 Å². The number of hydrogen-bond donors (Lipinski definition) is 2. The molecule has 18 heavy (non-hydrogen) atoms. The van der Waals surface area contributed by atoms with Gasteiger partial charge < -0.3 is 10.6 Å². The normalized spacial score (nSPS) is 19.4. The van der Waals surface area contributed by atoms with E-state index in [0.29, 0.717) is 19.4 Å². The van der Waals surface area contributed by atoms with Crippen LogP contribution in [-0.2, 0) is 9.59 Å². The highest BCUT2D eigenvalue weighted by molar-refractivity contribution is 7.98. The minimum atomic E-state index is -0.0285. The summed E-state index contributed by atoms with van der Waals surface area (Å²) in [5.74, 6) is 1.36. The third kappa shape index (κ3) is 6.28. The lowest BCUT2D eigenvalue weighted by Gasteiger charge is -2.21. The lowest BCUT2D eigenvalue weighted by atomic mass is 9.98. The van der Waals surface area contributed by atoms with E-state index in [4.69, 9.17) is 0 Å². The van der Waals surface area contributed by atoms with Gasteiger partial charge in [-0.1, -0.05) is 12.8 Å². The first-order chi connectivity index (χ1) is 8.74. The van der Waals surface area contributed by atoms with Gasteiger partial charge in [-0.05, 0) is 31.3 Å². The zero-order chi connectivity index (χ0) is 13.2. The molecule has 2 N–H and O–H groups in total. The molecule has 1 saturated heterocycles. The minimum absolute atomic E-state index is 0.0285. The first kappa shape index (κ1) is 15.3. The second kappa shape index (κ2) is 9.25. The molecule has 0 saturated carbocycles. The van der Waals surface area contributed by atoms with E-state index in [1.54, 1.807) is 0 Å². The Morgan fingerprint density at radius 1 is 1.39 bits per heavy atom. The predicted octanol–water partition coefficient (Wildman–Crippen LogP) is 1.55. The molecule has 1 rings (SSSR count). The fraction of sp³-hybridized carbons (Fsp3) is 0.846. The number of carbonyl (C=O) groups is 2.